The molecule has 2 aliphatic heterocycles. The maximum Gasteiger partial charge on any atom is 0.323 e. The smallest absolute Gasteiger partial charge is 0.323 e. The Balaban J connectivity index is 2.26. The number of urea groups is 1. The van der Waals surface area contributed by atoms with Gasteiger partial charge in [-0.25, -0.2) is 4.79 Å². The Morgan fingerprint density at radius 3 is 2.08 bits per heavy atom. The summed E-state index contributed by atoms with van der Waals surface area (Å²) >= 11 is 4.93. The monoisotopic (exact) mass is 186 g/mol. The van der Waals surface area contributed by atoms with E-state index in [0.29, 0.717) is 5.11 Å². The molecule has 2 amide bonds. The Bertz CT molecular complexity index is 234. The zero-order chi connectivity index (χ0) is 8.88. The lowest BCUT2D eigenvalue weighted by Gasteiger charge is -2.15. The number of likely N-dealkylation sites (N-methyl/N-ethyl adjacent to an activating group) is 2. The van der Waals surface area contributed by atoms with E-state index in [-0.39, 0.29) is 18.4 Å². The lowest BCUT2D eigenvalue weighted by atomic mass is 10.4. The molecular weight excluding hydrogens is 176 g/mol. The number of nitrogens with zero attached hydrogens (tertiary/aromatic N) is 2. The van der Waals surface area contributed by atoms with Crippen LogP contribution in [0, 0.1) is 0 Å². The van der Waals surface area contributed by atoms with E-state index < -0.39 is 0 Å². The van der Waals surface area contributed by atoms with E-state index in [9.17, 15) is 4.79 Å². The Labute approximate surface area is 75.7 Å². The summed E-state index contributed by atoms with van der Waals surface area (Å²) in [6.45, 7) is 0. The number of nitrogens with one attached hydrogen (secondary N) is 2. The first kappa shape index (κ1) is 7.60. The van der Waals surface area contributed by atoms with E-state index in [0.717, 1.165) is 0 Å². The summed E-state index contributed by atoms with van der Waals surface area (Å²) in [4.78, 5) is 14.6. The molecule has 0 saturated carbocycles. The average Bonchev–Trinajstić information content (AvgIpc) is 2.49. The molecule has 0 spiro atoms. The molecular formula is C6H10N4OS. The van der Waals surface area contributed by atoms with Crippen LogP contribution in [0.3, 0.4) is 0 Å². The second-order valence-electron chi connectivity index (χ2n) is 3.01. The predicted molar refractivity (Wildman–Crippen MR) is 47.4 cm³/mol. The van der Waals surface area contributed by atoms with Gasteiger partial charge in [-0.3, -0.25) is 0 Å². The molecule has 0 aromatic heterocycles. The summed E-state index contributed by atoms with van der Waals surface area (Å²) in [5.41, 5.74) is 0. The van der Waals surface area contributed by atoms with Gasteiger partial charge in [0.25, 0.3) is 0 Å². The minimum atomic E-state index is -0.0185. The summed E-state index contributed by atoms with van der Waals surface area (Å²) in [5.74, 6) is 0. The maximum atomic E-state index is 11.4. The van der Waals surface area contributed by atoms with Crippen LogP contribution in [-0.2, 0) is 0 Å². The van der Waals surface area contributed by atoms with Crippen LogP contribution in [0.5, 0.6) is 0 Å². The molecule has 2 saturated heterocycles. The molecule has 0 aromatic rings. The van der Waals surface area contributed by atoms with Gasteiger partial charge in [-0.2, -0.15) is 0 Å². The Morgan fingerprint density at radius 2 is 1.67 bits per heavy atom. The first-order chi connectivity index (χ1) is 5.61. The SMILES string of the molecule is CN1C(=O)N(C)C2NC(=S)NC21. The van der Waals surface area contributed by atoms with Gasteiger partial charge in [0, 0.05) is 14.1 Å². The van der Waals surface area contributed by atoms with Crippen LogP contribution >= 0.6 is 12.2 Å². The third-order valence-electron chi connectivity index (χ3n) is 2.29. The number of thiocarbonyl (C=S) groups is 1. The maximum absolute atomic E-state index is 11.4. The van der Waals surface area contributed by atoms with Gasteiger partial charge >= 0.3 is 6.03 Å². The lowest BCUT2D eigenvalue weighted by Crippen LogP contribution is -2.41. The summed E-state index contributed by atoms with van der Waals surface area (Å²) in [6.07, 6.45) is -0.0370. The molecule has 5 nitrogen and oxygen atoms in total. The summed E-state index contributed by atoms with van der Waals surface area (Å²) in [6, 6.07) is 0.00694. The zero-order valence-corrected chi connectivity index (χ0v) is 7.68. The highest BCUT2D eigenvalue weighted by Crippen LogP contribution is 2.18. The van der Waals surface area contributed by atoms with Crippen LogP contribution in [0.25, 0.3) is 0 Å². The van der Waals surface area contributed by atoms with Gasteiger partial charge in [0.05, 0.1) is 0 Å². The number of amides is 2. The number of hydrogen-bond acceptors (Lipinski definition) is 2. The molecule has 6 heteroatoms. The molecule has 2 heterocycles. The third kappa shape index (κ3) is 0.781. The van der Waals surface area contributed by atoms with E-state index >= 15 is 0 Å². The molecule has 2 atom stereocenters. The first-order valence-electron chi connectivity index (χ1n) is 3.68. The molecule has 2 aliphatic rings. The van der Waals surface area contributed by atoms with E-state index in [1.54, 1.807) is 23.9 Å². The van der Waals surface area contributed by atoms with Gasteiger partial charge < -0.3 is 20.4 Å². The second-order valence-corrected chi connectivity index (χ2v) is 3.42. The average molecular weight is 186 g/mol. The normalized spacial score (nSPS) is 33.5. The second kappa shape index (κ2) is 2.22. The van der Waals surface area contributed by atoms with E-state index in [2.05, 4.69) is 10.6 Å². The molecule has 2 fully saturated rings. The number of fused-ring (bicyclic) bond motifs is 1. The van der Waals surface area contributed by atoms with E-state index in [1.165, 1.54) is 0 Å². The van der Waals surface area contributed by atoms with Crippen LogP contribution in [0.2, 0.25) is 0 Å². The summed E-state index contributed by atoms with van der Waals surface area (Å²) < 4.78 is 0. The largest absolute Gasteiger partial charge is 0.339 e. The fourth-order valence-electron chi connectivity index (χ4n) is 1.57. The Morgan fingerprint density at radius 1 is 1.25 bits per heavy atom. The van der Waals surface area contributed by atoms with Gasteiger partial charge in [-0.05, 0) is 12.2 Å². The molecule has 0 aliphatic carbocycles. The van der Waals surface area contributed by atoms with Crippen molar-refractivity contribution >= 4 is 23.4 Å². The van der Waals surface area contributed by atoms with Crippen LogP contribution in [-0.4, -0.2) is 47.4 Å². The number of hydrogen-bond donors (Lipinski definition) is 2. The van der Waals surface area contributed by atoms with Crippen LogP contribution in [0.4, 0.5) is 4.79 Å². The van der Waals surface area contributed by atoms with Crippen LogP contribution < -0.4 is 10.6 Å². The summed E-state index contributed by atoms with van der Waals surface area (Å²) in [7, 11) is 3.51. The highest BCUT2D eigenvalue weighted by Gasteiger charge is 2.46. The van der Waals surface area contributed by atoms with E-state index in [4.69, 9.17) is 12.2 Å². The van der Waals surface area contributed by atoms with Crippen molar-refractivity contribution in [1.82, 2.24) is 20.4 Å². The fraction of sp³-hybridized carbons (Fsp3) is 0.667. The first-order valence-corrected chi connectivity index (χ1v) is 4.09. The van der Waals surface area contributed by atoms with Crippen molar-refractivity contribution in [2.24, 2.45) is 0 Å². The fourth-order valence-corrected chi connectivity index (χ4v) is 1.81. The van der Waals surface area contributed by atoms with Crippen LogP contribution in [0.1, 0.15) is 0 Å². The molecule has 0 radical (unpaired) electrons. The Kier molecular flexibility index (Phi) is 1.41. The van der Waals surface area contributed by atoms with Crippen LogP contribution in [0.15, 0.2) is 0 Å². The van der Waals surface area contributed by atoms with Gasteiger partial charge in [-0.15, -0.1) is 0 Å². The topological polar surface area (TPSA) is 47.6 Å². The van der Waals surface area contributed by atoms with Gasteiger partial charge in [0.1, 0.15) is 12.3 Å². The van der Waals surface area contributed by atoms with Crippen molar-refractivity contribution < 1.29 is 4.79 Å². The highest BCUT2D eigenvalue weighted by molar-refractivity contribution is 7.80. The van der Waals surface area contributed by atoms with Crippen molar-refractivity contribution in [3.05, 3.63) is 0 Å². The quantitative estimate of drug-likeness (QED) is 0.482. The molecule has 12 heavy (non-hydrogen) atoms. The molecule has 0 bridgehead atoms. The predicted octanol–water partition coefficient (Wildman–Crippen LogP) is -0.886. The van der Waals surface area contributed by atoms with Crippen molar-refractivity contribution in [1.29, 1.82) is 0 Å². The van der Waals surface area contributed by atoms with E-state index in [1.807, 2.05) is 0 Å². The van der Waals surface area contributed by atoms with Gasteiger partial charge in [0.2, 0.25) is 0 Å². The summed E-state index contributed by atoms with van der Waals surface area (Å²) in [5, 5.41) is 6.63. The number of rotatable bonds is 0. The van der Waals surface area contributed by atoms with Crippen molar-refractivity contribution in [2.45, 2.75) is 12.3 Å². The minimum absolute atomic E-state index is 0.00694. The molecule has 2 unspecified atom stereocenters. The molecule has 2 rings (SSSR count). The molecule has 2 N–H and O–H groups in total. The molecule has 0 aromatic carbocycles. The molecule has 66 valence electrons. The number of carbonyl (C=O) groups excluding carboxylic acids is 1. The third-order valence-corrected chi connectivity index (χ3v) is 2.53. The Hall–Kier alpha value is -1.04. The van der Waals surface area contributed by atoms with Gasteiger partial charge in [0.15, 0.2) is 5.11 Å². The standard InChI is InChI=1S/C6H10N4OS/c1-9-3-4(8-5(12)7-3)10(2)6(9)11/h3-4H,1-2H3,(H2,7,8,12). The number of carbonyl (C=O) groups is 1. The lowest BCUT2D eigenvalue weighted by molar-refractivity contribution is 0.197. The van der Waals surface area contributed by atoms with Crippen molar-refractivity contribution in [2.75, 3.05) is 14.1 Å². The zero-order valence-electron chi connectivity index (χ0n) is 6.87. The van der Waals surface area contributed by atoms with Gasteiger partial charge in [-0.1, -0.05) is 0 Å². The minimum Gasteiger partial charge on any atom is -0.339 e. The van der Waals surface area contributed by atoms with Crippen molar-refractivity contribution in [3.63, 3.8) is 0 Å². The highest BCUT2D eigenvalue weighted by atomic mass is 32.1. The van der Waals surface area contributed by atoms with Crippen molar-refractivity contribution in [3.8, 4) is 0 Å².